The maximum Gasteiger partial charge on any atom is 0.333 e. The minimum atomic E-state index is -0.160. The maximum atomic E-state index is 2.68. The number of fused-ring (bicyclic) bond motifs is 8. The minimum absolute atomic E-state index is 0.0108. The average Bonchev–Trinajstić information content (AvgIpc) is 3.16. The molecule has 0 aliphatic carbocycles. The lowest BCUT2D eigenvalue weighted by atomic mass is 9.42. The van der Waals surface area contributed by atoms with Crippen molar-refractivity contribution in [1.82, 2.24) is 0 Å². The summed E-state index contributed by atoms with van der Waals surface area (Å²) in [5.41, 5.74) is 19.4. The molecular weight excluding hydrogens is 667 g/mol. The van der Waals surface area contributed by atoms with Crippen molar-refractivity contribution in [3.05, 3.63) is 162 Å². The van der Waals surface area contributed by atoms with E-state index in [4.69, 9.17) is 0 Å². The molecule has 0 bridgehead atoms. The number of aryl methyl sites for hydroxylation is 2. The van der Waals surface area contributed by atoms with Gasteiger partial charge in [-0.05, 0) is 112 Å². The van der Waals surface area contributed by atoms with E-state index in [0.29, 0.717) is 0 Å². The van der Waals surface area contributed by atoms with E-state index < -0.39 is 0 Å². The first kappa shape index (κ1) is 30.5. The summed E-state index contributed by atoms with van der Waals surface area (Å²) in [6, 6.07) is 52.8. The van der Waals surface area contributed by atoms with Crippen molar-refractivity contribution in [2.75, 3.05) is 9.71 Å². The Bertz CT molecular complexity index is 2680. The smallest absolute Gasteiger partial charge is 0.333 e. The fourth-order valence-corrected chi connectivity index (χ4v) is 11.5. The number of benzene rings is 7. The molecule has 0 fully saturated rings. The molecule has 0 spiro atoms. The quantitative estimate of drug-likeness (QED) is 0.165. The highest BCUT2D eigenvalue weighted by atomic mass is 32.2. The molecule has 0 saturated heterocycles. The topological polar surface area (TPSA) is 6.48 Å². The van der Waals surface area contributed by atoms with Crippen LogP contribution in [0.15, 0.2) is 159 Å². The van der Waals surface area contributed by atoms with Crippen LogP contribution in [0, 0.1) is 13.8 Å². The first-order chi connectivity index (χ1) is 25.4. The van der Waals surface area contributed by atoms with E-state index in [1.807, 2.05) is 23.5 Å². The van der Waals surface area contributed by atoms with Crippen molar-refractivity contribution in [3.8, 4) is 22.3 Å². The number of rotatable bonds is 2. The third-order valence-electron chi connectivity index (χ3n) is 11.7. The third-order valence-corrected chi connectivity index (χ3v) is 14.3. The zero-order chi connectivity index (χ0) is 34.9. The largest absolute Gasteiger partial charge is 0.376 e. The molecular formula is C47H35BN2S2. The molecule has 2 nitrogen and oxygen atoms in total. The Morgan fingerprint density at radius 2 is 1.15 bits per heavy atom. The van der Waals surface area contributed by atoms with E-state index in [-0.39, 0.29) is 12.3 Å². The van der Waals surface area contributed by atoms with E-state index in [1.54, 1.807) is 0 Å². The van der Waals surface area contributed by atoms with Crippen molar-refractivity contribution >= 4 is 69.7 Å². The second kappa shape index (κ2) is 11.0. The van der Waals surface area contributed by atoms with Crippen molar-refractivity contribution in [1.29, 1.82) is 0 Å². The number of hydrogen-bond donors (Lipinski definition) is 0. The van der Waals surface area contributed by atoms with Gasteiger partial charge in [-0.2, -0.15) is 0 Å². The predicted octanol–water partition coefficient (Wildman–Crippen LogP) is 11.9. The summed E-state index contributed by atoms with van der Waals surface area (Å²) < 4.78 is 0. The minimum Gasteiger partial charge on any atom is -0.376 e. The highest BCUT2D eigenvalue weighted by Crippen LogP contribution is 2.57. The molecule has 248 valence electrons. The molecule has 0 N–H and O–H groups in total. The second-order valence-corrected chi connectivity index (χ2v) is 17.2. The van der Waals surface area contributed by atoms with Gasteiger partial charge in [-0.3, -0.25) is 0 Å². The van der Waals surface area contributed by atoms with Crippen molar-refractivity contribution < 1.29 is 0 Å². The lowest BCUT2D eigenvalue weighted by molar-refractivity contribution is 0.632. The molecule has 0 saturated carbocycles. The van der Waals surface area contributed by atoms with Crippen LogP contribution in [0.2, 0.25) is 0 Å². The Morgan fingerprint density at radius 3 is 1.92 bits per heavy atom. The summed E-state index contributed by atoms with van der Waals surface area (Å²) >= 11 is 3.81. The summed E-state index contributed by atoms with van der Waals surface area (Å²) in [7, 11) is 0. The Kier molecular flexibility index (Phi) is 6.43. The molecule has 11 rings (SSSR count). The summed E-state index contributed by atoms with van der Waals surface area (Å²) in [6.45, 7) is 9.30. The van der Waals surface area contributed by atoms with Gasteiger partial charge in [0, 0.05) is 53.3 Å². The molecule has 0 amide bonds. The molecule has 7 aromatic carbocycles. The lowest BCUT2D eigenvalue weighted by Gasteiger charge is -2.50. The van der Waals surface area contributed by atoms with Gasteiger partial charge in [0.15, 0.2) is 0 Å². The SMILES string of the molecule is Cc1ccccc1-c1cc2c3c(c1)N1c4ccccc4C(C)(C)c4cccc(c41)B3N(c1ccccc1C)c1cc3c(cc1-2)Sc1ccccc1S3. The lowest BCUT2D eigenvalue weighted by Crippen LogP contribution is -2.62. The van der Waals surface area contributed by atoms with E-state index in [0.717, 1.165) is 0 Å². The van der Waals surface area contributed by atoms with E-state index in [1.165, 1.54) is 103 Å². The molecule has 5 heteroatoms. The van der Waals surface area contributed by atoms with Gasteiger partial charge in [-0.15, -0.1) is 0 Å². The van der Waals surface area contributed by atoms with Crippen LogP contribution < -0.4 is 20.6 Å². The first-order valence-corrected chi connectivity index (χ1v) is 19.8. The first-order valence-electron chi connectivity index (χ1n) is 18.1. The van der Waals surface area contributed by atoms with Gasteiger partial charge in [-0.25, -0.2) is 0 Å². The van der Waals surface area contributed by atoms with Crippen molar-refractivity contribution in [2.24, 2.45) is 0 Å². The Hall–Kier alpha value is -5.10. The summed E-state index contributed by atoms with van der Waals surface area (Å²) in [4.78, 5) is 10.6. The van der Waals surface area contributed by atoms with Crippen LogP contribution in [0.25, 0.3) is 22.3 Å². The molecule has 4 heterocycles. The van der Waals surface area contributed by atoms with Crippen LogP contribution in [0.4, 0.5) is 28.4 Å². The summed E-state index contributed by atoms with van der Waals surface area (Å²) in [6.07, 6.45) is 0. The van der Waals surface area contributed by atoms with Crippen LogP contribution in [0.3, 0.4) is 0 Å². The van der Waals surface area contributed by atoms with Gasteiger partial charge in [0.1, 0.15) is 0 Å². The molecule has 0 unspecified atom stereocenters. The van der Waals surface area contributed by atoms with Crippen molar-refractivity contribution in [3.63, 3.8) is 0 Å². The van der Waals surface area contributed by atoms with Gasteiger partial charge in [-0.1, -0.05) is 128 Å². The molecule has 4 aliphatic heterocycles. The van der Waals surface area contributed by atoms with E-state index in [9.17, 15) is 0 Å². The summed E-state index contributed by atoms with van der Waals surface area (Å²) in [5, 5.41) is 0. The number of anilines is 5. The van der Waals surface area contributed by atoms with Gasteiger partial charge in [0.25, 0.3) is 0 Å². The monoisotopic (exact) mass is 702 g/mol. The zero-order valence-electron chi connectivity index (χ0n) is 29.6. The van der Waals surface area contributed by atoms with Crippen LogP contribution >= 0.6 is 23.5 Å². The van der Waals surface area contributed by atoms with Gasteiger partial charge >= 0.3 is 6.85 Å². The van der Waals surface area contributed by atoms with E-state index in [2.05, 4.69) is 177 Å². The standard InChI is InChI=1S/C47H35BN2S2/c1-28-14-5-7-16-31(28)30-24-33-32-26-43-44(52-42-23-12-11-22-41(42)51-43)27-39(32)50(37-20-9-6-15-29(37)2)48-36-19-13-18-35-46(36)49(40(25-30)45(33)48)38-21-10-8-17-34(38)47(35,3)4/h5-27H,1-4H3. The fraction of sp³-hybridized carbons (Fsp3) is 0.106. The second-order valence-electron chi connectivity index (χ2n) is 15.0. The van der Waals surface area contributed by atoms with Crippen LogP contribution in [0.5, 0.6) is 0 Å². The molecule has 0 atom stereocenters. The molecule has 4 aliphatic rings. The maximum absolute atomic E-state index is 2.68. The number of nitrogens with zero attached hydrogens (tertiary/aromatic N) is 2. The Balaban J connectivity index is 1.29. The highest BCUT2D eigenvalue weighted by Gasteiger charge is 2.49. The fourth-order valence-electron chi connectivity index (χ4n) is 9.28. The Labute approximate surface area is 314 Å². The van der Waals surface area contributed by atoms with Gasteiger partial charge < -0.3 is 9.71 Å². The van der Waals surface area contributed by atoms with Crippen LogP contribution in [0.1, 0.15) is 36.1 Å². The number of para-hydroxylation sites is 3. The van der Waals surface area contributed by atoms with Gasteiger partial charge in [0.2, 0.25) is 0 Å². The van der Waals surface area contributed by atoms with Gasteiger partial charge in [0.05, 0.1) is 5.69 Å². The average molecular weight is 703 g/mol. The Morgan fingerprint density at radius 1 is 0.500 bits per heavy atom. The highest BCUT2D eigenvalue weighted by molar-refractivity contribution is 8.05. The number of hydrogen-bond acceptors (Lipinski definition) is 4. The molecule has 0 aromatic heterocycles. The third kappa shape index (κ3) is 4.12. The molecule has 7 aromatic rings. The summed E-state index contributed by atoms with van der Waals surface area (Å²) in [5.74, 6) is 0. The van der Waals surface area contributed by atoms with Crippen LogP contribution in [-0.2, 0) is 5.41 Å². The van der Waals surface area contributed by atoms with Crippen LogP contribution in [-0.4, -0.2) is 6.85 Å². The molecule has 0 radical (unpaired) electrons. The predicted molar refractivity (Wildman–Crippen MR) is 222 cm³/mol. The zero-order valence-corrected chi connectivity index (χ0v) is 31.2. The van der Waals surface area contributed by atoms with Crippen molar-refractivity contribution in [2.45, 2.75) is 52.7 Å². The normalized spacial score (nSPS) is 15.2. The molecule has 52 heavy (non-hydrogen) atoms. The van der Waals surface area contributed by atoms with E-state index >= 15 is 0 Å².